The van der Waals surface area contributed by atoms with Gasteiger partial charge in [0.2, 0.25) is 0 Å². The fourth-order valence-corrected chi connectivity index (χ4v) is 1.51. The van der Waals surface area contributed by atoms with Crippen LogP contribution in [0.4, 0.5) is 17.6 Å². The van der Waals surface area contributed by atoms with Gasteiger partial charge in [0.15, 0.2) is 0 Å². The van der Waals surface area contributed by atoms with Crippen molar-refractivity contribution in [2.75, 3.05) is 6.54 Å². The number of nitrogens with one attached hydrogen (secondary N) is 1. The zero-order valence-electron chi connectivity index (χ0n) is 10.6. The monoisotopic (exact) mass is 277 g/mol. The van der Waals surface area contributed by atoms with Crippen molar-refractivity contribution in [1.29, 1.82) is 0 Å². The van der Waals surface area contributed by atoms with Crippen molar-refractivity contribution in [3.8, 4) is 0 Å². The molecule has 0 bridgehead atoms. The smallest absolute Gasteiger partial charge is 0.350 e. The van der Waals surface area contributed by atoms with E-state index in [1.54, 1.807) is 44.2 Å². The van der Waals surface area contributed by atoms with E-state index in [1.807, 2.05) is 5.32 Å². The summed E-state index contributed by atoms with van der Waals surface area (Å²) in [7, 11) is 0. The second kappa shape index (κ2) is 5.59. The van der Waals surface area contributed by atoms with Gasteiger partial charge in [-0.1, -0.05) is 44.2 Å². The number of carbonyl (C=O) groups is 1. The highest BCUT2D eigenvalue weighted by atomic mass is 19.3. The Morgan fingerprint density at radius 3 is 2.21 bits per heavy atom. The highest BCUT2D eigenvalue weighted by Gasteiger charge is 2.49. The lowest BCUT2D eigenvalue weighted by Crippen LogP contribution is -2.48. The molecule has 0 radical (unpaired) electrons. The SMILES string of the molecule is CC(C)(CNC(=O)C(F)(F)C(F)F)c1ccccc1. The topological polar surface area (TPSA) is 29.1 Å². The van der Waals surface area contributed by atoms with E-state index in [-0.39, 0.29) is 6.54 Å². The summed E-state index contributed by atoms with van der Waals surface area (Å²) < 4.78 is 49.5. The number of amides is 1. The molecule has 1 N–H and O–H groups in total. The van der Waals surface area contributed by atoms with E-state index in [2.05, 4.69) is 0 Å². The fraction of sp³-hybridized carbons (Fsp3) is 0.462. The maximum atomic E-state index is 12.8. The number of hydrogen-bond acceptors (Lipinski definition) is 1. The molecule has 0 fully saturated rings. The molecule has 1 aromatic rings. The molecule has 2 nitrogen and oxygen atoms in total. The van der Waals surface area contributed by atoms with Crippen molar-refractivity contribution < 1.29 is 22.4 Å². The first-order valence-corrected chi connectivity index (χ1v) is 5.67. The summed E-state index contributed by atoms with van der Waals surface area (Å²) in [6.45, 7) is 3.30. The minimum absolute atomic E-state index is 0.155. The fourth-order valence-electron chi connectivity index (χ4n) is 1.51. The van der Waals surface area contributed by atoms with Crippen molar-refractivity contribution in [2.24, 2.45) is 0 Å². The van der Waals surface area contributed by atoms with Crippen LogP contribution in [0.25, 0.3) is 0 Å². The van der Waals surface area contributed by atoms with Gasteiger partial charge < -0.3 is 5.32 Å². The minimum atomic E-state index is -4.66. The number of hydrogen-bond donors (Lipinski definition) is 1. The van der Waals surface area contributed by atoms with Gasteiger partial charge in [-0.15, -0.1) is 0 Å². The van der Waals surface area contributed by atoms with Gasteiger partial charge in [-0.25, -0.2) is 8.78 Å². The zero-order chi connectivity index (χ0) is 14.7. The molecule has 1 aromatic carbocycles. The molecule has 0 aliphatic heterocycles. The van der Waals surface area contributed by atoms with E-state index >= 15 is 0 Å². The molecule has 1 rings (SSSR count). The van der Waals surface area contributed by atoms with Crippen LogP contribution < -0.4 is 5.32 Å². The van der Waals surface area contributed by atoms with Gasteiger partial charge in [0.05, 0.1) is 0 Å². The molecule has 0 atom stereocenters. The van der Waals surface area contributed by atoms with Crippen LogP contribution in [-0.4, -0.2) is 24.8 Å². The van der Waals surface area contributed by atoms with E-state index < -0.39 is 23.7 Å². The van der Waals surface area contributed by atoms with E-state index in [0.717, 1.165) is 5.56 Å². The quantitative estimate of drug-likeness (QED) is 0.824. The Morgan fingerprint density at radius 1 is 1.21 bits per heavy atom. The lowest BCUT2D eigenvalue weighted by Gasteiger charge is -2.26. The minimum Gasteiger partial charge on any atom is -0.350 e. The Balaban J connectivity index is 2.69. The van der Waals surface area contributed by atoms with E-state index in [0.29, 0.717) is 0 Å². The van der Waals surface area contributed by atoms with Crippen LogP contribution in [0.1, 0.15) is 19.4 Å². The summed E-state index contributed by atoms with van der Waals surface area (Å²) in [5.41, 5.74) is 0.186. The van der Waals surface area contributed by atoms with Crippen LogP contribution in [0.3, 0.4) is 0 Å². The lowest BCUT2D eigenvalue weighted by molar-refractivity contribution is -0.169. The Bertz CT molecular complexity index is 432. The predicted octanol–water partition coefficient (Wildman–Crippen LogP) is 2.98. The van der Waals surface area contributed by atoms with Crippen LogP contribution in [0, 0.1) is 0 Å². The van der Waals surface area contributed by atoms with Crippen LogP contribution in [0.15, 0.2) is 30.3 Å². The van der Waals surface area contributed by atoms with Crippen molar-refractivity contribution >= 4 is 5.91 Å². The Labute approximate surface area is 108 Å². The maximum absolute atomic E-state index is 12.8. The van der Waals surface area contributed by atoms with Gasteiger partial charge in [-0.05, 0) is 5.56 Å². The van der Waals surface area contributed by atoms with Crippen LogP contribution in [-0.2, 0) is 10.2 Å². The van der Waals surface area contributed by atoms with Crippen molar-refractivity contribution in [2.45, 2.75) is 31.6 Å². The Kier molecular flexibility index (Phi) is 4.55. The Hall–Kier alpha value is -1.59. The highest BCUT2D eigenvalue weighted by molar-refractivity contribution is 5.83. The molecule has 19 heavy (non-hydrogen) atoms. The van der Waals surface area contributed by atoms with Crippen molar-refractivity contribution in [3.05, 3.63) is 35.9 Å². The third-order valence-electron chi connectivity index (χ3n) is 2.82. The number of benzene rings is 1. The molecule has 0 aliphatic carbocycles. The van der Waals surface area contributed by atoms with E-state index in [9.17, 15) is 22.4 Å². The van der Waals surface area contributed by atoms with Gasteiger partial charge in [-0.2, -0.15) is 8.78 Å². The van der Waals surface area contributed by atoms with Gasteiger partial charge in [0.25, 0.3) is 5.91 Å². The molecule has 0 spiro atoms. The second-order valence-corrected chi connectivity index (χ2v) is 4.86. The standard InChI is InChI=1S/C13H15F4NO/c1-12(2,9-6-4-3-5-7-9)8-18-11(19)13(16,17)10(14)15/h3-7,10H,8H2,1-2H3,(H,18,19). The number of carbonyl (C=O) groups excluding carboxylic acids is 1. The van der Waals surface area contributed by atoms with E-state index in [4.69, 9.17) is 0 Å². The Morgan fingerprint density at radius 2 is 1.74 bits per heavy atom. The summed E-state index contributed by atoms with van der Waals surface area (Å²) in [4.78, 5) is 11.0. The predicted molar refractivity (Wildman–Crippen MR) is 63.4 cm³/mol. The van der Waals surface area contributed by atoms with Gasteiger partial charge in [0.1, 0.15) is 0 Å². The van der Waals surface area contributed by atoms with E-state index in [1.165, 1.54) is 0 Å². The van der Waals surface area contributed by atoms with Gasteiger partial charge in [0, 0.05) is 12.0 Å². The first-order valence-electron chi connectivity index (χ1n) is 5.67. The molecule has 0 heterocycles. The largest absolute Gasteiger partial charge is 0.383 e. The molecule has 0 saturated carbocycles. The summed E-state index contributed by atoms with van der Waals surface area (Å²) in [6, 6.07) is 8.89. The molecule has 6 heteroatoms. The third-order valence-corrected chi connectivity index (χ3v) is 2.82. The van der Waals surface area contributed by atoms with Crippen molar-refractivity contribution in [1.82, 2.24) is 5.32 Å². The van der Waals surface area contributed by atoms with Gasteiger partial charge in [-0.3, -0.25) is 4.79 Å². The molecule has 106 valence electrons. The zero-order valence-corrected chi connectivity index (χ0v) is 10.6. The third kappa shape index (κ3) is 3.68. The molecular formula is C13H15F4NO. The first kappa shape index (κ1) is 15.5. The summed E-state index contributed by atoms with van der Waals surface area (Å²) in [5.74, 6) is -6.61. The average Bonchev–Trinajstić information content (AvgIpc) is 2.36. The molecular weight excluding hydrogens is 262 g/mol. The van der Waals surface area contributed by atoms with Gasteiger partial charge >= 0.3 is 12.3 Å². The molecule has 1 amide bonds. The maximum Gasteiger partial charge on any atom is 0.383 e. The summed E-state index contributed by atoms with van der Waals surface area (Å²) >= 11 is 0. The summed E-state index contributed by atoms with van der Waals surface area (Å²) in [5, 5.41) is 1.87. The first-order chi connectivity index (χ1) is 8.68. The number of halogens is 4. The van der Waals surface area contributed by atoms with Crippen LogP contribution >= 0.6 is 0 Å². The second-order valence-electron chi connectivity index (χ2n) is 4.86. The number of rotatable bonds is 5. The highest BCUT2D eigenvalue weighted by Crippen LogP contribution is 2.25. The normalized spacial score (nSPS) is 12.6. The van der Waals surface area contributed by atoms with Crippen molar-refractivity contribution in [3.63, 3.8) is 0 Å². The average molecular weight is 277 g/mol. The number of alkyl halides is 4. The van der Waals surface area contributed by atoms with Crippen LogP contribution in [0.5, 0.6) is 0 Å². The lowest BCUT2D eigenvalue weighted by atomic mass is 9.84. The molecule has 0 saturated heterocycles. The molecule has 0 aliphatic rings. The molecule has 0 aromatic heterocycles. The summed E-state index contributed by atoms with van der Waals surface area (Å²) in [6.07, 6.45) is -4.01. The van der Waals surface area contributed by atoms with Crippen LogP contribution in [0.2, 0.25) is 0 Å². The molecule has 0 unspecified atom stereocenters.